The third-order valence-corrected chi connectivity index (χ3v) is 8.68. The molecule has 3 aromatic rings. The Morgan fingerprint density at radius 3 is 2.45 bits per heavy atom. The van der Waals surface area contributed by atoms with Crippen LogP contribution in [-0.4, -0.2) is 61.7 Å². The summed E-state index contributed by atoms with van der Waals surface area (Å²) in [6.07, 6.45) is -2.10. The van der Waals surface area contributed by atoms with Gasteiger partial charge in [0.15, 0.2) is 5.82 Å². The molecule has 0 bridgehead atoms. The highest BCUT2D eigenvalue weighted by atomic mass is 32.2. The molecule has 1 atom stereocenters. The number of hydrogen-bond acceptors (Lipinski definition) is 7. The maximum absolute atomic E-state index is 15.2. The van der Waals surface area contributed by atoms with Crippen molar-refractivity contribution in [2.45, 2.75) is 48.8 Å². The number of alkyl halides is 3. The molecule has 2 fully saturated rings. The smallest absolute Gasteiger partial charge is 0.475 e. The van der Waals surface area contributed by atoms with Crippen LogP contribution in [0.3, 0.4) is 0 Å². The first kappa shape index (κ1) is 29.7. The zero-order valence-electron chi connectivity index (χ0n) is 21.4. The molecule has 0 amide bonds. The zero-order chi connectivity index (χ0) is 29.1. The van der Waals surface area contributed by atoms with E-state index in [0.29, 0.717) is 0 Å². The van der Waals surface area contributed by atoms with Gasteiger partial charge in [0.1, 0.15) is 10.7 Å². The molecule has 0 radical (unpaired) electrons. The first-order chi connectivity index (χ1) is 18.8. The maximum atomic E-state index is 15.2. The van der Waals surface area contributed by atoms with Crippen molar-refractivity contribution in [1.82, 2.24) is 9.88 Å². The van der Waals surface area contributed by atoms with E-state index in [2.05, 4.69) is 43.8 Å². The predicted molar refractivity (Wildman–Crippen MR) is 144 cm³/mol. The summed E-state index contributed by atoms with van der Waals surface area (Å²) in [6.45, 7) is 2.77. The number of carboxylic acids is 1. The largest absolute Gasteiger partial charge is 0.490 e. The van der Waals surface area contributed by atoms with Crippen LogP contribution in [0.2, 0.25) is 0 Å². The molecule has 2 aromatic carbocycles. The van der Waals surface area contributed by atoms with Gasteiger partial charge >= 0.3 is 12.1 Å². The van der Waals surface area contributed by atoms with Crippen LogP contribution in [0.4, 0.5) is 29.1 Å². The van der Waals surface area contributed by atoms with Gasteiger partial charge in [0.25, 0.3) is 10.0 Å². The maximum Gasteiger partial charge on any atom is 0.490 e. The van der Waals surface area contributed by atoms with E-state index in [1.165, 1.54) is 34.5 Å². The average Bonchev–Trinajstić information content (AvgIpc) is 3.41. The Balaban J connectivity index is 0.000000470. The minimum Gasteiger partial charge on any atom is -0.475 e. The number of nitrogens with zero attached hydrogens (tertiary/aromatic N) is 3. The summed E-state index contributed by atoms with van der Waals surface area (Å²) in [5.41, 5.74) is 4.53. The molecule has 0 unspecified atom stereocenters. The number of likely N-dealkylation sites (tertiary alicyclic amines) is 1. The summed E-state index contributed by atoms with van der Waals surface area (Å²) < 4.78 is 75.0. The van der Waals surface area contributed by atoms with Crippen LogP contribution >= 0.6 is 11.3 Å². The van der Waals surface area contributed by atoms with Crippen molar-refractivity contribution in [2.75, 3.05) is 29.8 Å². The molecule has 2 N–H and O–H groups in total. The number of rotatable bonds is 8. The van der Waals surface area contributed by atoms with E-state index >= 15 is 4.39 Å². The Bertz CT molecular complexity index is 1420. The van der Waals surface area contributed by atoms with Crippen molar-refractivity contribution < 1.29 is 35.9 Å². The van der Waals surface area contributed by atoms with Crippen molar-refractivity contribution in [2.24, 2.45) is 0 Å². The number of thiazole rings is 1. The third kappa shape index (κ3) is 7.49. The van der Waals surface area contributed by atoms with E-state index in [4.69, 9.17) is 9.90 Å². The van der Waals surface area contributed by atoms with Gasteiger partial charge in [-0.1, -0.05) is 30.3 Å². The van der Waals surface area contributed by atoms with Crippen LogP contribution < -0.4 is 9.62 Å². The highest BCUT2D eigenvalue weighted by Gasteiger charge is 2.38. The molecule has 216 valence electrons. The Morgan fingerprint density at radius 1 is 1.20 bits per heavy atom. The van der Waals surface area contributed by atoms with Crippen LogP contribution in [0.1, 0.15) is 36.3 Å². The van der Waals surface area contributed by atoms with E-state index in [9.17, 15) is 21.6 Å². The van der Waals surface area contributed by atoms with Crippen LogP contribution in [-0.2, 0) is 21.4 Å². The molecule has 0 spiro atoms. The number of hydrogen-bond donors (Lipinski definition) is 2. The molecule has 1 saturated heterocycles. The minimum atomic E-state index is -5.08. The lowest BCUT2D eigenvalue weighted by Crippen LogP contribution is -2.35. The number of halogens is 4. The zero-order valence-corrected chi connectivity index (χ0v) is 23.1. The van der Waals surface area contributed by atoms with Crippen LogP contribution in [0.15, 0.2) is 58.3 Å². The normalized spacial score (nSPS) is 17.7. The predicted octanol–water partition coefficient (Wildman–Crippen LogP) is 5.30. The van der Waals surface area contributed by atoms with E-state index < -0.39 is 28.0 Å². The molecule has 1 aliphatic heterocycles. The lowest BCUT2D eigenvalue weighted by Gasteiger charge is -2.30. The quantitative estimate of drug-likeness (QED) is 0.338. The number of aliphatic carboxylic acids is 1. The number of sulfonamides is 1. The monoisotopic (exact) mass is 600 g/mol. The van der Waals surface area contributed by atoms with E-state index in [0.717, 1.165) is 50.1 Å². The van der Waals surface area contributed by atoms with Crippen molar-refractivity contribution >= 4 is 38.8 Å². The summed E-state index contributed by atoms with van der Waals surface area (Å²) in [4.78, 5) is 17.1. The number of nitrogens with one attached hydrogen (secondary N) is 1. The summed E-state index contributed by atoms with van der Waals surface area (Å²) in [6, 6.07) is 13.6. The molecule has 8 nitrogen and oxygen atoms in total. The van der Waals surface area contributed by atoms with Gasteiger partial charge < -0.3 is 10.0 Å². The van der Waals surface area contributed by atoms with Crippen LogP contribution in [0.5, 0.6) is 0 Å². The number of carboxylic acid groups (broad SMARTS) is 1. The highest BCUT2D eigenvalue weighted by Crippen LogP contribution is 2.46. The number of likely N-dealkylation sites (N-methyl/N-ethyl adjacent to an activating group) is 1. The average molecular weight is 601 g/mol. The number of carbonyl (C=O) groups is 1. The Labute approximate surface area is 233 Å². The van der Waals surface area contributed by atoms with Gasteiger partial charge in [0, 0.05) is 43.8 Å². The van der Waals surface area contributed by atoms with Crippen molar-refractivity contribution in [3.8, 4) is 0 Å². The molecule has 2 aliphatic rings. The van der Waals surface area contributed by atoms with E-state index in [1.807, 2.05) is 13.1 Å². The molecule has 1 saturated carbocycles. The standard InChI is InChI=1S/C24H27FN4O2S2.C2HF3O2/c1-28(19-9-10-29(14-19)13-17-5-3-2-4-6-17)22-12-21(25)23(11-20(22)18-7-8-18)33(30,31)27-24-15-32-16-26-24;3-2(4,5)1(6)7/h2-6,11-12,15-16,18-19,27H,7-10,13-14H2,1H3;(H,6,7)/t19-;/m0./s1. The van der Waals surface area contributed by atoms with Crippen LogP contribution in [0, 0.1) is 5.82 Å². The second-order valence-corrected chi connectivity index (χ2v) is 12.0. The molecule has 1 aromatic heterocycles. The lowest BCUT2D eigenvalue weighted by atomic mass is 10.1. The number of anilines is 2. The van der Waals surface area contributed by atoms with Crippen LogP contribution in [0.25, 0.3) is 0 Å². The van der Waals surface area contributed by atoms with Gasteiger partial charge in [-0.2, -0.15) is 13.2 Å². The molecule has 40 heavy (non-hydrogen) atoms. The molecular formula is C26H28F4N4O4S2. The Morgan fingerprint density at radius 2 is 1.88 bits per heavy atom. The van der Waals surface area contributed by atoms with Gasteiger partial charge in [0.2, 0.25) is 0 Å². The number of benzene rings is 2. The molecule has 1 aliphatic carbocycles. The molecule has 14 heteroatoms. The summed E-state index contributed by atoms with van der Waals surface area (Å²) in [7, 11) is -2.06. The fourth-order valence-corrected chi connectivity index (χ4v) is 6.21. The van der Waals surface area contributed by atoms with Crippen molar-refractivity contribution in [3.63, 3.8) is 0 Å². The molecular weight excluding hydrogens is 572 g/mol. The second-order valence-electron chi connectivity index (χ2n) is 9.67. The van der Waals surface area contributed by atoms with Gasteiger partial charge in [-0.3, -0.25) is 9.62 Å². The van der Waals surface area contributed by atoms with Gasteiger partial charge in [-0.25, -0.2) is 22.6 Å². The molecule has 5 rings (SSSR count). The van der Waals surface area contributed by atoms with Crippen molar-refractivity contribution in [3.05, 3.63) is 70.3 Å². The van der Waals surface area contributed by atoms with E-state index in [-0.39, 0.29) is 22.7 Å². The van der Waals surface area contributed by atoms with E-state index in [1.54, 1.807) is 5.38 Å². The summed E-state index contributed by atoms with van der Waals surface area (Å²) >= 11 is 1.28. The lowest BCUT2D eigenvalue weighted by molar-refractivity contribution is -0.192. The topological polar surface area (TPSA) is 103 Å². The summed E-state index contributed by atoms with van der Waals surface area (Å²) in [5.74, 6) is -3.01. The Kier molecular flexibility index (Phi) is 9.00. The third-order valence-electron chi connectivity index (χ3n) is 6.73. The van der Waals surface area contributed by atoms with Crippen molar-refractivity contribution in [1.29, 1.82) is 0 Å². The Hall–Kier alpha value is -3.23. The summed E-state index contributed by atoms with van der Waals surface area (Å²) in [5, 5.41) is 8.71. The minimum absolute atomic E-state index is 0.207. The SMILES string of the molecule is CN(c1cc(F)c(S(=O)(=O)Nc2cscn2)cc1C1CC1)[C@H]1CCN(Cc2ccccc2)C1.O=C(O)C(F)(F)F. The second kappa shape index (κ2) is 12.1. The van der Waals surface area contributed by atoms with Gasteiger partial charge in [-0.15, -0.1) is 11.3 Å². The first-order valence-corrected chi connectivity index (χ1v) is 14.8. The molecule has 2 heterocycles. The fraction of sp³-hybridized carbons (Fsp3) is 0.385. The fourth-order valence-electron chi connectivity index (χ4n) is 4.56. The number of aromatic nitrogens is 1. The first-order valence-electron chi connectivity index (χ1n) is 12.4. The highest BCUT2D eigenvalue weighted by molar-refractivity contribution is 7.92. The van der Waals surface area contributed by atoms with Gasteiger partial charge in [-0.05, 0) is 48.4 Å². The van der Waals surface area contributed by atoms with Gasteiger partial charge in [0.05, 0.1) is 5.51 Å².